The Balaban J connectivity index is 2.03. The van der Waals surface area contributed by atoms with E-state index in [1.807, 2.05) is 0 Å². The van der Waals surface area contributed by atoms with E-state index in [1.54, 1.807) is 17.5 Å². The van der Waals surface area contributed by atoms with Crippen LogP contribution in [-0.4, -0.2) is 18.1 Å². The first-order valence-electron chi connectivity index (χ1n) is 5.21. The lowest BCUT2D eigenvalue weighted by Gasteiger charge is -2.30. The summed E-state index contributed by atoms with van der Waals surface area (Å²) in [6.07, 6.45) is 8.46. The zero-order valence-electron chi connectivity index (χ0n) is 8.57. The molecule has 2 N–H and O–H groups in total. The highest BCUT2D eigenvalue weighted by Crippen LogP contribution is 2.29. The smallest absolute Gasteiger partial charge is 0.187 e. The molecule has 1 aromatic heterocycles. The van der Waals surface area contributed by atoms with Crippen LogP contribution in [0.2, 0.25) is 0 Å². The van der Waals surface area contributed by atoms with Gasteiger partial charge in [-0.15, -0.1) is 0 Å². The van der Waals surface area contributed by atoms with Gasteiger partial charge in [0.1, 0.15) is 5.00 Å². The van der Waals surface area contributed by atoms with Crippen molar-refractivity contribution in [1.29, 1.82) is 0 Å². The van der Waals surface area contributed by atoms with Gasteiger partial charge in [-0.2, -0.15) is 0 Å². The fourth-order valence-electron chi connectivity index (χ4n) is 2.06. The van der Waals surface area contributed by atoms with Gasteiger partial charge in [-0.25, -0.2) is 4.98 Å². The summed E-state index contributed by atoms with van der Waals surface area (Å²) in [4.78, 5) is 6.60. The van der Waals surface area contributed by atoms with Crippen LogP contribution in [0.4, 0.5) is 10.1 Å². The molecule has 0 amide bonds. The molecule has 1 aliphatic rings. The van der Waals surface area contributed by atoms with E-state index in [0.717, 1.165) is 10.1 Å². The van der Waals surface area contributed by atoms with Crippen LogP contribution in [0.3, 0.4) is 0 Å². The van der Waals surface area contributed by atoms with E-state index in [-0.39, 0.29) is 0 Å². The summed E-state index contributed by atoms with van der Waals surface area (Å²) < 4.78 is 0. The highest BCUT2D eigenvalue weighted by atomic mass is 32.1. The Hall–Kier alpha value is -0.770. The van der Waals surface area contributed by atoms with Gasteiger partial charge in [0.2, 0.25) is 0 Å². The van der Waals surface area contributed by atoms with E-state index in [1.165, 1.54) is 32.1 Å². The first kappa shape index (κ1) is 9.77. The Morgan fingerprint density at radius 3 is 2.71 bits per heavy atom. The molecule has 0 spiro atoms. The van der Waals surface area contributed by atoms with E-state index < -0.39 is 0 Å². The molecule has 0 atom stereocenters. The maximum absolute atomic E-state index is 5.68. The monoisotopic (exact) mass is 211 g/mol. The molecule has 1 saturated carbocycles. The molecule has 0 unspecified atom stereocenters. The lowest BCUT2D eigenvalue weighted by Crippen LogP contribution is -2.33. The van der Waals surface area contributed by atoms with Gasteiger partial charge in [-0.05, 0) is 12.8 Å². The minimum atomic E-state index is 0.675. The number of aromatic nitrogens is 1. The summed E-state index contributed by atoms with van der Waals surface area (Å²) in [7, 11) is 2.13. The second-order valence-corrected chi connectivity index (χ2v) is 4.99. The SMILES string of the molecule is CN(c1ncc(N)s1)C1CCCCC1. The highest BCUT2D eigenvalue weighted by molar-refractivity contribution is 7.19. The zero-order valence-corrected chi connectivity index (χ0v) is 9.39. The van der Waals surface area contributed by atoms with Gasteiger partial charge in [0, 0.05) is 13.1 Å². The number of anilines is 2. The maximum Gasteiger partial charge on any atom is 0.187 e. The van der Waals surface area contributed by atoms with Crippen molar-refractivity contribution in [3.05, 3.63) is 6.20 Å². The van der Waals surface area contributed by atoms with Gasteiger partial charge >= 0.3 is 0 Å². The number of nitrogens with two attached hydrogens (primary N) is 1. The maximum atomic E-state index is 5.68. The van der Waals surface area contributed by atoms with E-state index in [2.05, 4.69) is 16.9 Å². The molecule has 3 nitrogen and oxygen atoms in total. The summed E-state index contributed by atoms with van der Waals surface area (Å²) in [5.41, 5.74) is 5.68. The predicted molar refractivity (Wildman–Crippen MR) is 61.8 cm³/mol. The number of nitrogens with zero attached hydrogens (tertiary/aromatic N) is 2. The summed E-state index contributed by atoms with van der Waals surface area (Å²) in [5, 5.41) is 1.87. The topological polar surface area (TPSA) is 42.2 Å². The van der Waals surface area contributed by atoms with Gasteiger partial charge in [0.15, 0.2) is 5.13 Å². The van der Waals surface area contributed by atoms with Gasteiger partial charge in [-0.3, -0.25) is 0 Å². The highest BCUT2D eigenvalue weighted by Gasteiger charge is 2.19. The molecule has 1 fully saturated rings. The number of hydrogen-bond donors (Lipinski definition) is 1. The van der Waals surface area contributed by atoms with Crippen molar-refractivity contribution in [3.8, 4) is 0 Å². The van der Waals surface area contributed by atoms with Crippen molar-refractivity contribution in [2.75, 3.05) is 17.7 Å². The molecule has 0 saturated heterocycles. The molecule has 78 valence electrons. The van der Waals surface area contributed by atoms with Crippen LogP contribution >= 0.6 is 11.3 Å². The van der Waals surface area contributed by atoms with Crippen LogP contribution < -0.4 is 10.6 Å². The van der Waals surface area contributed by atoms with E-state index >= 15 is 0 Å². The number of rotatable bonds is 2. The van der Waals surface area contributed by atoms with Gasteiger partial charge in [-0.1, -0.05) is 30.6 Å². The van der Waals surface area contributed by atoms with Crippen molar-refractivity contribution in [3.63, 3.8) is 0 Å². The molecule has 0 aliphatic heterocycles. The molecule has 1 aliphatic carbocycles. The summed E-state index contributed by atoms with van der Waals surface area (Å²) in [6, 6.07) is 0.675. The molecular formula is C10H17N3S. The van der Waals surface area contributed by atoms with Gasteiger partial charge < -0.3 is 10.6 Å². The molecule has 14 heavy (non-hydrogen) atoms. The summed E-state index contributed by atoms with van der Waals surface area (Å²) in [5.74, 6) is 0. The Kier molecular flexibility index (Phi) is 2.91. The predicted octanol–water partition coefficient (Wildman–Crippen LogP) is 2.49. The lowest BCUT2D eigenvalue weighted by molar-refractivity contribution is 0.427. The molecule has 1 heterocycles. The fraction of sp³-hybridized carbons (Fsp3) is 0.700. The van der Waals surface area contributed by atoms with Crippen LogP contribution in [0.5, 0.6) is 0 Å². The standard InChI is InChI=1S/C10H17N3S/c1-13(8-5-3-2-4-6-8)10-12-7-9(11)14-10/h7-8H,2-6,11H2,1H3. The van der Waals surface area contributed by atoms with Crippen molar-refractivity contribution in [1.82, 2.24) is 4.98 Å². The largest absolute Gasteiger partial charge is 0.389 e. The first-order valence-corrected chi connectivity index (χ1v) is 6.03. The van der Waals surface area contributed by atoms with Crippen molar-refractivity contribution >= 4 is 21.5 Å². The molecule has 1 aromatic rings. The Morgan fingerprint density at radius 2 is 2.14 bits per heavy atom. The van der Waals surface area contributed by atoms with Crippen LogP contribution in [0.25, 0.3) is 0 Å². The van der Waals surface area contributed by atoms with Crippen LogP contribution in [0.15, 0.2) is 6.20 Å². The zero-order chi connectivity index (χ0) is 9.97. The second-order valence-electron chi connectivity index (χ2n) is 3.95. The lowest BCUT2D eigenvalue weighted by atomic mass is 9.95. The third kappa shape index (κ3) is 2.00. The quantitative estimate of drug-likeness (QED) is 0.817. The number of nitrogen functional groups attached to an aromatic ring is 1. The van der Waals surface area contributed by atoms with Crippen LogP contribution in [0, 0.1) is 0 Å². The molecule has 0 bridgehead atoms. The molecule has 0 aromatic carbocycles. The van der Waals surface area contributed by atoms with E-state index in [9.17, 15) is 0 Å². The van der Waals surface area contributed by atoms with Crippen molar-refractivity contribution in [2.24, 2.45) is 0 Å². The first-order chi connectivity index (χ1) is 6.77. The minimum absolute atomic E-state index is 0.675. The summed E-state index contributed by atoms with van der Waals surface area (Å²) >= 11 is 1.58. The Bertz CT molecular complexity index is 291. The molecule has 2 rings (SSSR count). The summed E-state index contributed by atoms with van der Waals surface area (Å²) in [6.45, 7) is 0. The average Bonchev–Trinajstić information content (AvgIpc) is 2.65. The van der Waals surface area contributed by atoms with Crippen LogP contribution in [0.1, 0.15) is 32.1 Å². The Morgan fingerprint density at radius 1 is 1.43 bits per heavy atom. The number of hydrogen-bond acceptors (Lipinski definition) is 4. The second kappa shape index (κ2) is 4.17. The van der Waals surface area contributed by atoms with Crippen molar-refractivity contribution < 1.29 is 0 Å². The van der Waals surface area contributed by atoms with Gasteiger partial charge in [0.05, 0.1) is 6.20 Å². The Labute approximate surface area is 88.9 Å². The van der Waals surface area contributed by atoms with Crippen LogP contribution in [-0.2, 0) is 0 Å². The molecule has 0 radical (unpaired) electrons. The number of thiazole rings is 1. The average molecular weight is 211 g/mol. The third-order valence-electron chi connectivity index (χ3n) is 2.94. The third-order valence-corrected chi connectivity index (χ3v) is 3.85. The fourth-order valence-corrected chi connectivity index (χ4v) is 2.78. The van der Waals surface area contributed by atoms with Gasteiger partial charge in [0.25, 0.3) is 0 Å². The molecule has 4 heteroatoms. The normalized spacial score (nSPS) is 18.4. The van der Waals surface area contributed by atoms with Crippen molar-refractivity contribution in [2.45, 2.75) is 38.1 Å². The van der Waals surface area contributed by atoms with E-state index in [0.29, 0.717) is 6.04 Å². The molecular weight excluding hydrogens is 194 g/mol. The minimum Gasteiger partial charge on any atom is -0.389 e. The van der Waals surface area contributed by atoms with E-state index in [4.69, 9.17) is 5.73 Å².